The van der Waals surface area contributed by atoms with Gasteiger partial charge in [0.05, 0.1) is 5.56 Å². The fourth-order valence-corrected chi connectivity index (χ4v) is 1.94. The Labute approximate surface area is 91.9 Å². The van der Waals surface area contributed by atoms with E-state index in [2.05, 4.69) is 0 Å². The molecule has 0 radical (unpaired) electrons. The second-order valence-electron chi connectivity index (χ2n) is 3.51. The molecule has 0 unspecified atom stereocenters. The van der Waals surface area contributed by atoms with E-state index in [9.17, 15) is 13.2 Å². The molecule has 1 rings (SSSR count). The summed E-state index contributed by atoms with van der Waals surface area (Å²) in [5.74, 6) is 0.410. The van der Waals surface area contributed by atoms with Gasteiger partial charge in [0.1, 0.15) is 0 Å². The van der Waals surface area contributed by atoms with E-state index in [4.69, 9.17) is 0 Å². The number of rotatable bonds is 3. The first-order valence-electron chi connectivity index (χ1n) is 4.68. The third-order valence-corrected chi connectivity index (χ3v) is 3.04. The Balaban J connectivity index is 2.87. The van der Waals surface area contributed by atoms with Gasteiger partial charge in [0.2, 0.25) is 0 Å². The minimum Gasteiger partial charge on any atom is -0.166 e. The molecule has 0 bridgehead atoms. The molecule has 0 amide bonds. The van der Waals surface area contributed by atoms with Gasteiger partial charge >= 0.3 is 6.18 Å². The summed E-state index contributed by atoms with van der Waals surface area (Å²) in [5.41, 5.74) is -0.151. The largest absolute Gasteiger partial charge is 0.416 e. The lowest BCUT2D eigenvalue weighted by Gasteiger charge is -2.13. The molecule has 84 valence electrons. The van der Waals surface area contributed by atoms with Crippen LogP contribution in [0.4, 0.5) is 13.2 Å². The Morgan fingerprint density at radius 2 is 1.80 bits per heavy atom. The van der Waals surface area contributed by atoms with E-state index in [-0.39, 0.29) is 0 Å². The molecule has 0 aromatic heterocycles. The second kappa shape index (κ2) is 4.92. The highest BCUT2D eigenvalue weighted by atomic mass is 32.2. The molecule has 0 aliphatic heterocycles. The number of hydrogen-bond donors (Lipinski definition) is 0. The van der Waals surface area contributed by atoms with Crippen molar-refractivity contribution in [2.75, 3.05) is 0 Å². The lowest BCUT2D eigenvalue weighted by atomic mass is 10.1. The van der Waals surface area contributed by atoms with Crippen LogP contribution < -0.4 is 0 Å². The Kier molecular flexibility index (Phi) is 4.08. The smallest absolute Gasteiger partial charge is 0.166 e. The zero-order valence-corrected chi connectivity index (χ0v) is 9.45. The topological polar surface area (TPSA) is 0 Å². The predicted molar refractivity (Wildman–Crippen MR) is 57.9 cm³/mol. The number of benzene rings is 1. The van der Waals surface area contributed by atoms with E-state index in [1.165, 1.54) is 23.9 Å². The molecule has 0 saturated heterocycles. The van der Waals surface area contributed by atoms with Crippen molar-refractivity contribution in [3.63, 3.8) is 0 Å². The zero-order valence-electron chi connectivity index (χ0n) is 8.64. The van der Waals surface area contributed by atoms with Gasteiger partial charge in [-0.1, -0.05) is 32.0 Å². The van der Waals surface area contributed by atoms with Crippen molar-refractivity contribution in [1.29, 1.82) is 0 Å². The molecule has 0 atom stereocenters. The maximum atomic E-state index is 12.6. The fourth-order valence-electron chi connectivity index (χ4n) is 1.18. The molecule has 0 saturated carbocycles. The molecule has 0 fully saturated rings. The van der Waals surface area contributed by atoms with Crippen LogP contribution in [0.5, 0.6) is 0 Å². The first-order valence-corrected chi connectivity index (χ1v) is 5.73. The van der Waals surface area contributed by atoms with Gasteiger partial charge in [0, 0.05) is 5.75 Å². The van der Waals surface area contributed by atoms with Crippen LogP contribution in [0.3, 0.4) is 0 Å². The standard InChI is InChI=1S/C11H13F3S/c1-8(2)15-7-9-5-3-4-6-10(9)11(12,13)14/h3-6,8H,7H2,1-2H3. The Bertz CT molecular complexity index is 318. The zero-order chi connectivity index (χ0) is 11.5. The Morgan fingerprint density at radius 3 is 2.33 bits per heavy atom. The molecular formula is C11H13F3S. The minimum atomic E-state index is -4.24. The third-order valence-electron chi connectivity index (χ3n) is 1.89. The summed E-state index contributed by atoms with van der Waals surface area (Å²) in [5, 5.41) is 0.339. The third kappa shape index (κ3) is 3.78. The van der Waals surface area contributed by atoms with Crippen molar-refractivity contribution in [2.24, 2.45) is 0 Å². The average Bonchev–Trinajstić information content (AvgIpc) is 2.13. The summed E-state index contributed by atoms with van der Waals surface area (Å²) in [4.78, 5) is 0. The lowest BCUT2D eigenvalue weighted by molar-refractivity contribution is -0.138. The number of halogens is 3. The van der Waals surface area contributed by atoms with Crippen LogP contribution in [0.15, 0.2) is 24.3 Å². The van der Waals surface area contributed by atoms with E-state index in [1.54, 1.807) is 6.07 Å². The van der Waals surface area contributed by atoms with Crippen molar-refractivity contribution in [2.45, 2.75) is 31.0 Å². The average molecular weight is 234 g/mol. The van der Waals surface area contributed by atoms with Crippen LogP contribution in [-0.4, -0.2) is 5.25 Å². The molecule has 0 N–H and O–H groups in total. The maximum absolute atomic E-state index is 12.6. The number of thioether (sulfide) groups is 1. The summed E-state index contributed by atoms with van der Waals surface area (Å²) in [6.45, 7) is 3.95. The molecule has 1 aromatic carbocycles. The normalized spacial score (nSPS) is 12.1. The van der Waals surface area contributed by atoms with Crippen LogP contribution in [0.2, 0.25) is 0 Å². The number of hydrogen-bond acceptors (Lipinski definition) is 1. The molecule has 0 nitrogen and oxygen atoms in total. The van der Waals surface area contributed by atoms with Gasteiger partial charge in [-0.15, -0.1) is 0 Å². The van der Waals surface area contributed by atoms with E-state index < -0.39 is 11.7 Å². The molecule has 4 heteroatoms. The van der Waals surface area contributed by atoms with Gasteiger partial charge in [0.25, 0.3) is 0 Å². The van der Waals surface area contributed by atoms with Crippen molar-refractivity contribution in [1.82, 2.24) is 0 Å². The molecule has 0 spiro atoms. The van der Waals surface area contributed by atoms with Crippen molar-refractivity contribution in [3.8, 4) is 0 Å². The van der Waals surface area contributed by atoms with E-state index in [0.717, 1.165) is 6.07 Å². The quantitative estimate of drug-likeness (QED) is 0.749. The van der Waals surface area contributed by atoms with Gasteiger partial charge in [-0.25, -0.2) is 0 Å². The Morgan fingerprint density at radius 1 is 1.20 bits per heavy atom. The lowest BCUT2D eigenvalue weighted by Crippen LogP contribution is -2.08. The highest BCUT2D eigenvalue weighted by molar-refractivity contribution is 7.99. The summed E-state index contributed by atoms with van der Waals surface area (Å²) < 4.78 is 37.7. The van der Waals surface area contributed by atoms with Gasteiger partial charge in [-0.2, -0.15) is 24.9 Å². The summed E-state index contributed by atoms with van der Waals surface area (Å²) in [7, 11) is 0. The molecular weight excluding hydrogens is 221 g/mol. The van der Waals surface area contributed by atoms with E-state index in [1.807, 2.05) is 13.8 Å². The van der Waals surface area contributed by atoms with Gasteiger partial charge in [0.15, 0.2) is 0 Å². The monoisotopic (exact) mass is 234 g/mol. The van der Waals surface area contributed by atoms with Crippen LogP contribution in [0, 0.1) is 0 Å². The van der Waals surface area contributed by atoms with Crippen LogP contribution >= 0.6 is 11.8 Å². The van der Waals surface area contributed by atoms with Crippen LogP contribution in [0.25, 0.3) is 0 Å². The highest BCUT2D eigenvalue weighted by Gasteiger charge is 2.32. The van der Waals surface area contributed by atoms with Gasteiger partial charge < -0.3 is 0 Å². The highest BCUT2D eigenvalue weighted by Crippen LogP contribution is 2.33. The summed E-state index contributed by atoms with van der Waals surface area (Å²) >= 11 is 1.51. The van der Waals surface area contributed by atoms with Crippen molar-refractivity contribution in [3.05, 3.63) is 35.4 Å². The minimum absolute atomic E-state index is 0.339. The van der Waals surface area contributed by atoms with Crippen molar-refractivity contribution < 1.29 is 13.2 Å². The summed E-state index contributed by atoms with van der Waals surface area (Å²) in [6, 6.07) is 5.74. The maximum Gasteiger partial charge on any atom is 0.416 e. The van der Waals surface area contributed by atoms with E-state index in [0.29, 0.717) is 16.6 Å². The molecule has 1 aromatic rings. The molecule has 0 aliphatic rings. The molecule has 0 aliphatic carbocycles. The SMILES string of the molecule is CC(C)SCc1ccccc1C(F)(F)F. The molecule has 15 heavy (non-hydrogen) atoms. The first kappa shape index (κ1) is 12.4. The van der Waals surface area contributed by atoms with Gasteiger partial charge in [-0.05, 0) is 16.9 Å². The Hall–Kier alpha value is -0.640. The van der Waals surface area contributed by atoms with Gasteiger partial charge in [-0.3, -0.25) is 0 Å². The summed E-state index contributed by atoms with van der Waals surface area (Å²) in [6.07, 6.45) is -4.24. The van der Waals surface area contributed by atoms with Crippen molar-refractivity contribution >= 4 is 11.8 Å². The second-order valence-corrected chi connectivity index (χ2v) is 5.08. The van der Waals surface area contributed by atoms with Crippen LogP contribution in [-0.2, 0) is 11.9 Å². The number of alkyl halides is 3. The van der Waals surface area contributed by atoms with Crippen LogP contribution in [0.1, 0.15) is 25.0 Å². The van der Waals surface area contributed by atoms with E-state index >= 15 is 0 Å². The first-order chi connectivity index (χ1) is 6.91. The fraction of sp³-hybridized carbons (Fsp3) is 0.455. The molecule has 0 heterocycles. The predicted octanol–water partition coefficient (Wildman–Crippen LogP) is 4.35.